The maximum atomic E-state index is 6.16. The molecule has 0 unspecified atom stereocenters. The Morgan fingerprint density at radius 1 is 0.652 bits per heavy atom. The van der Waals surface area contributed by atoms with Crippen molar-refractivity contribution in [2.45, 2.75) is 6.92 Å². The summed E-state index contributed by atoms with van der Waals surface area (Å²) >= 11 is 0. The first-order chi connectivity index (χ1) is 11.4. The zero-order chi connectivity index (χ0) is 16.0. The summed E-state index contributed by atoms with van der Waals surface area (Å²) < 4.78 is 6.16. The molecule has 3 rings (SSSR count). The van der Waals surface area contributed by atoms with Crippen LogP contribution in [0, 0.1) is 0 Å². The Balaban J connectivity index is 2.25. The molecule has 0 aliphatic heterocycles. The SMILES string of the molecule is CCO[SiH2][PH](c1ccccc1)(c1ccccc1)c1ccccc1. The summed E-state index contributed by atoms with van der Waals surface area (Å²) in [6.45, 7) is 0.875. The van der Waals surface area contributed by atoms with Gasteiger partial charge in [-0.15, -0.1) is 0 Å². The molecule has 3 heteroatoms. The molecule has 0 bridgehead atoms. The second-order valence-electron chi connectivity index (χ2n) is 5.64. The van der Waals surface area contributed by atoms with Gasteiger partial charge in [-0.05, 0) is 0 Å². The van der Waals surface area contributed by atoms with Crippen molar-refractivity contribution in [3.63, 3.8) is 0 Å². The Labute approximate surface area is 141 Å². The number of hydrogen-bond donors (Lipinski definition) is 0. The summed E-state index contributed by atoms with van der Waals surface area (Å²) in [5.74, 6) is 0. The second kappa shape index (κ2) is 7.70. The molecule has 23 heavy (non-hydrogen) atoms. The van der Waals surface area contributed by atoms with Crippen molar-refractivity contribution in [3.8, 4) is 0 Å². The molecule has 0 aromatic heterocycles. The molecule has 3 aromatic rings. The first kappa shape index (κ1) is 16.1. The molecule has 0 amide bonds. The van der Waals surface area contributed by atoms with Gasteiger partial charge < -0.3 is 0 Å². The van der Waals surface area contributed by atoms with E-state index in [1.807, 2.05) is 0 Å². The van der Waals surface area contributed by atoms with Crippen molar-refractivity contribution in [3.05, 3.63) is 91.0 Å². The van der Waals surface area contributed by atoms with Gasteiger partial charge in [0.15, 0.2) is 0 Å². The van der Waals surface area contributed by atoms with E-state index in [1.165, 1.54) is 15.9 Å². The molecular formula is C20H23OPSi. The van der Waals surface area contributed by atoms with Crippen LogP contribution in [-0.4, -0.2) is 16.0 Å². The number of benzene rings is 3. The molecule has 0 heterocycles. The van der Waals surface area contributed by atoms with E-state index in [-0.39, 0.29) is 0 Å². The Bertz CT molecular complexity index is 620. The molecule has 0 aliphatic rings. The van der Waals surface area contributed by atoms with Crippen molar-refractivity contribution in [2.24, 2.45) is 0 Å². The van der Waals surface area contributed by atoms with E-state index in [4.69, 9.17) is 4.43 Å². The summed E-state index contributed by atoms with van der Waals surface area (Å²) in [5.41, 5.74) is 0. The predicted octanol–water partition coefficient (Wildman–Crippen LogP) is 2.75. The van der Waals surface area contributed by atoms with Gasteiger partial charge in [-0.2, -0.15) is 0 Å². The van der Waals surface area contributed by atoms with Gasteiger partial charge in [0.25, 0.3) is 0 Å². The third-order valence-electron chi connectivity index (χ3n) is 4.32. The first-order valence-electron chi connectivity index (χ1n) is 8.12. The summed E-state index contributed by atoms with van der Waals surface area (Å²) in [6.07, 6.45) is 0. The minimum absolute atomic E-state index is 0.738. The van der Waals surface area contributed by atoms with Gasteiger partial charge in [-0.1, -0.05) is 0 Å². The van der Waals surface area contributed by atoms with E-state index >= 15 is 0 Å². The van der Waals surface area contributed by atoms with Crippen LogP contribution in [0.25, 0.3) is 0 Å². The van der Waals surface area contributed by atoms with Gasteiger partial charge in [-0.3, -0.25) is 0 Å². The van der Waals surface area contributed by atoms with E-state index in [1.54, 1.807) is 0 Å². The Hall–Kier alpha value is -1.73. The normalized spacial score (nSPS) is 12.6. The standard InChI is InChI=1S/C20H23OPSi/c1-2-21-23-22(18-12-6-3-7-13-18,19-14-8-4-9-15-19)20-16-10-5-11-17-20/h3-17,22H,2,23H2,1H3. The van der Waals surface area contributed by atoms with Gasteiger partial charge in [0.2, 0.25) is 0 Å². The Kier molecular flexibility index (Phi) is 5.40. The fourth-order valence-corrected chi connectivity index (χ4v) is 12.6. The molecule has 0 N–H and O–H groups in total. The van der Waals surface area contributed by atoms with Gasteiger partial charge in [0.1, 0.15) is 0 Å². The summed E-state index contributed by atoms with van der Waals surface area (Å²) in [4.78, 5) is 0. The molecule has 0 fully saturated rings. The van der Waals surface area contributed by atoms with E-state index < -0.39 is 16.2 Å². The predicted molar refractivity (Wildman–Crippen MR) is 107 cm³/mol. The van der Waals surface area contributed by atoms with E-state index in [9.17, 15) is 0 Å². The van der Waals surface area contributed by atoms with Crippen LogP contribution in [0.1, 0.15) is 6.92 Å². The molecular weight excluding hydrogens is 315 g/mol. The zero-order valence-corrected chi connectivity index (χ0v) is 15.9. The summed E-state index contributed by atoms with van der Waals surface area (Å²) in [6, 6.07) is 33.0. The maximum absolute atomic E-state index is 6.16. The van der Waals surface area contributed by atoms with E-state index in [2.05, 4.69) is 97.9 Å². The van der Waals surface area contributed by atoms with Crippen LogP contribution in [0.3, 0.4) is 0 Å². The van der Waals surface area contributed by atoms with Gasteiger partial charge >= 0.3 is 141 Å². The van der Waals surface area contributed by atoms with Crippen LogP contribution in [0.4, 0.5) is 0 Å². The second-order valence-corrected chi connectivity index (χ2v) is 13.9. The molecule has 0 saturated heterocycles. The molecule has 3 aromatic carbocycles. The fraction of sp³-hybridized carbons (Fsp3) is 0.100. The molecule has 0 spiro atoms. The van der Waals surface area contributed by atoms with Gasteiger partial charge in [0.05, 0.1) is 0 Å². The minimum atomic E-state index is -2.03. The van der Waals surface area contributed by atoms with Gasteiger partial charge in [0, 0.05) is 0 Å². The Morgan fingerprint density at radius 3 is 1.30 bits per heavy atom. The van der Waals surface area contributed by atoms with Crippen LogP contribution in [0.5, 0.6) is 0 Å². The van der Waals surface area contributed by atoms with Crippen molar-refractivity contribution in [1.29, 1.82) is 0 Å². The average molecular weight is 338 g/mol. The molecule has 0 aliphatic carbocycles. The molecule has 0 radical (unpaired) electrons. The van der Waals surface area contributed by atoms with Crippen LogP contribution >= 0.6 is 6.81 Å². The van der Waals surface area contributed by atoms with Crippen LogP contribution in [0.2, 0.25) is 0 Å². The first-order valence-corrected chi connectivity index (χ1v) is 13.0. The van der Waals surface area contributed by atoms with Crippen molar-refractivity contribution in [1.82, 2.24) is 0 Å². The van der Waals surface area contributed by atoms with Crippen LogP contribution in [0.15, 0.2) is 91.0 Å². The summed E-state index contributed by atoms with van der Waals surface area (Å²) in [5, 5.41) is 4.37. The Morgan fingerprint density at radius 2 is 1.00 bits per heavy atom. The average Bonchev–Trinajstić information content (AvgIpc) is 2.65. The van der Waals surface area contributed by atoms with Crippen molar-refractivity contribution < 1.29 is 4.43 Å². The van der Waals surface area contributed by atoms with Gasteiger partial charge in [-0.25, -0.2) is 0 Å². The van der Waals surface area contributed by atoms with Crippen molar-refractivity contribution >= 4 is 32.2 Å². The topological polar surface area (TPSA) is 9.23 Å². The monoisotopic (exact) mass is 338 g/mol. The van der Waals surface area contributed by atoms with Crippen LogP contribution < -0.4 is 15.9 Å². The molecule has 118 valence electrons. The molecule has 1 nitrogen and oxygen atoms in total. The molecule has 0 saturated carbocycles. The van der Waals surface area contributed by atoms with Crippen molar-refractivity contribution in [2.75, 3.05) is 6.61 Å². The number of rotatable bonds is 6. The quantitative estimate of drug-likeness (QED) is 0.496. The molecule has 0 atom stereocenters. The van der Waals surface area contributed by atoms with E-state index in [0.717, 1.165) is 6.61 Å². The third kappa shape index (κ3) is 3.30. The number of hydrogen-bond acceptors (Lipinski definition) is 1. The zero-order valence-electron chi connectivity index (χ0n) is 13.5. The summed E-state index contributed by atoms with van der Waals surface area (Å²) in [7, 11) is -0.738. The van der Waals surface area contributed by atoms with E-state index in [0.29, 0.717) is 0 Å². The fourth-order valence-electron chi connectivity index (χ4n) is 3.17. The van der Waals surface area contributed by atoms with Crippen LogP contribution in [-0.2, 0) is 4.43 Å². The third-order valence-corrected chi connectivity index (χ3v) is 14.9.